The van der Waals surface area contributed by atoms with E-state index in [-0.39, 0.29) is 23.5 Å². The summed E-state index contributed by atoms with van der Waals surface area (Å²) in [6.45, 7) is 6.20. The van der Waals surface area contributed by atoms with Gasteiger partial charge in [-0.25, -0.2) is 9.97 Å². The van der Waals surface area contributed by atoms with Crippen molar-refractivity contribution in [1.29, 1.82) is 0 Å². The van der Waals surface area contributed by atoms with E-state index in [9.17, 15) is 4.79 Å². The lowest BCUT2D eigenvalue weighted by molar-refractivity contribution is -0.130. The Kier molecular flexibility index (Phi) is 4.80. The molecule has 1 amide bonds. The lowest BCUT2D eigenvalue weighted by atomic mass is 9.90. The number of hydrogen-bond acceptors (Lipinski definition) is 5. The number of nitrogens with zero attached hydrogens (tertiary/aromatic N) is 3. The summed E-state index contributed by atoms with van der Waals surface area (Å²) in [5, 5.41) is 3.00. The number of anilines is 1. The number of ether oxygens (including phenoxy) is 1. The Bertz CT molecular complexity index is 537. The fourth-order valence-electron chi connectivity index (χ4n) is 3.46. The molecule has 1 aromatic rings. The molecule has 3 rings (SSSR count). The summed E-state index contributed by atoms with van der Waals surface area (Å²) in [6.07, 6.45) is 7.90. The average Bonchev–Trinajstić information content (AvgIpc) is 2.97. The Morgan fingerprint density at radius 2 is 2.22 bits per heavy atom. The molecule has 23 heavy (non-hydrogen) atoms. The summed E-state index contributed by atoms with van der Waals surface area (Å²) in [7, 11) is 0. The minimum Gasteiger partial charge on any atom is -0.368 e. The third-order valence-electron chi connectivity index (χ3n) is 4.75. The van der Waals surface area contributed by atoms with Crippen molar-refractivity contribution in [2.75, 3.05) is 24.5 Å². The van der Waals surface area contributed by atoms with E-state index in [1.54, 1.807) is 12.4 Å². The van der Waals surface area contributed by atoms with Crippen LogP contribution in [0.5, 0.6) is 0 Å². The van der Waals surface area contributed by atoms with Gasteiger partial charge < -0.3 is 15.0 Å². The molecule has 126 valence electrons. The normalized spacial score (nSPS) is 27.6. The van der Waals surface area contributed by atoms with Crippen LogP contribution in [0.1, 0.15) is 39.5 Å². The second-order valence-corrected chi connectivity index (χ2v) is 6.94. The molecular formula is C17H26N4O2. The van der Waals surface area contributed by atoms with Gasteiger partial charge in [-0.05, 0) is 31.7 Å². The van der Waals surface area contributed by atoms with E-state index >= 15 is 0 Å². The van der Waals surface area contributed by atoms with Crippen molar-refractivity contribution in [1.82, 2.24) is 15.3 Å². The van der Waals surface area contributed by atoms with Crippen molar-refractivity contribution in [2.24, 2.45) is 5.92 Å². The molecular weight excluding hydrogens is 292 g/mol. The number of amides is 1. The van der Waals surface area contributed by atoms with E-state index in [1.807, 2.05) is 19.9 Å². The van der Waals surface area contributed by atoms with Gasteiger partial charge in [0.2, 0.25) is 11.9 Å². The molecule has 0 aromatic carbocycles. The predicted octanol–water partition coefficient (Wildman–Crippen LogP) is 1.77. The van der Waals surface area contributed by atoms with Gasteiger partial charge >= 0.3 is 0 Å². The highest BCUT2D eigenvalue weighted by Gasteiger charge is 2.43. The maximum atomic E-state index is 11.7. The Hall–Kier alpha value is -1.69. The molecule has 1 N–H and O–H groups in total. The first kappa shape index (κ1) is 16.2. The number of aromatic nitrogens is 2. The van der Waals surface area contributed by atoms with Crippen LogP contribution in [-0.4, -0.2) is 47.2 Å². The molecule has 2 fully saturated rings. The Morgan fingerprint density at radius 3 is 2.96 bits per heavy atom. The first-order valence-electron chi connectivity index (χ1n) is 8.55. The van der Waals surface area contributed by atoms with Crippen molar-refractivity contribution in [3.8, 4) is 0 Å². The molecule has 6 nitrogen and oxygen atoms in total. The molecule has 2 aliphatic heterocycles. The lowest BCUT2D eigenvalue weighted by Gasteiger charge is -2.38. The van der Waals surface area contributed by atoms with E-state index in [4.69, 9.17) is 4.74 Å². The van der Waals surface area contributed by atoms with Crippen LogP contribution in [0.15, 0.2) is 18.5 Å². The second kappa shape index (κ2) is 6.83. The molecule has 0 unspecified atom stereocenters. The Balaban J connectivity index is 1.57. The minimum absolute atomic E-state index is 0.0183. The van der Waals surface area contributed by atoms with Crippen molar-refractivity contribution in [3.63, 3.8) is 0 Å². The molecule has 0 saturated carbocycles. The monoisotopic (exact) mass is 318 g/mol. The summed E-state index contributed by atoms with van der Waals surface area (Å²) in [5.41, 5.74) is -0.106. The zero-order valence-corrected chi connectivity index (χ0v) is 14.0. The Labute approximate surface area is 137 Å². The number of carbonyl (C=O) groups excluding carboxylic acids is 1. The fraction of sp³-hybridized carbons (Fsp3) is 0.706. The van der Waals surface area contributed by atoms with E-state index in [0.717, 1.165) is 44.7 Å². The van der Waals surface area contributed by atoms with E-state index in [0.29, 0.717) is 6.54 Å². The van der Waals surface area contributed by atoms with Crippen molar-refractivity contribution >= 4 is 11.9 Å². The number of carbonyl (C=O) groups is 1. The molecule has 6 heteroatoms. The maximum absolute atomic E-state index is 11.7. The highest BCUT2D eigenvalue weighted by Crippen LogP contribution is 2.37. The zero-order valence-electron chi connectivity index (χ0n) is 14.0. The average molecular weight is 318 g/mol. The summed E-state index contributed by atoms with van der Waals surface area (Å²) < 4.78 is 6.40. The van der Waals surface area contributed by atoms with Crippen LogP contribution in [0.2, 0.25) is 0 Å². The smallest absolute Gasteiger partial charge is 0.225 e. The summed E-state index contributed by atoms with van der Waals surface area (Å²) >= 11 is 0. The number of rotatable bonds is 4. The van der Waals surface area contributed by atoms with Gasteiger partial charge in [0.15, 0.2) is 0 Å². The van der Waals surface area contributed by atoms with Crippen molar-refractivity contribution in [2.45, 2.75) is 51.2 Å². The second-order valence-electron chi connectivity index (χ2n) is 6.94. The SMILES string of the molecule is CC(C)C(=O)NC[C@H]1CCC[C@]2(CCN(c3ncccn3)C2)O1. The summed E-state index contributed by atoms with van der Waals surface area (Å²) in [6, 6.07) is 1.83. The van der Waals surface area contributed by atoms with Crippen LogP contribution in [0.3, 0.4) is 0 Å². The molecule has 3 heterocycles. The van der Waals surface area contributed by atoms with Crippen molar-refractivity contribution < 1.29 is 9.53 Å². The number of hydrogen-bond donors (Lipinski definition) is 1. The molecule has 0 aliphatic carbocycles. The number of nitrogens with one attached hydrogen (secondary N) is 1. The topological polar surface area (TPSA) is 67.4 Å². The summed E-state index contributed by atoms with van der Waals surface area (Å²) in [5.74, 6) is 0.895. The van der Waals surface area contributed by atoms with Gasteiger partial charge in [-0.15, -0.1) is 0 Å². The van der Waals surface area contributed by atoms with Crippen LogP contribution >= 0.6 is 0 Å². The molecule has 2 saturated heterocycles. The van der Waals surface area contributed by atoms with E-state index in [1.165, 1.54) is 0 Å². The summed E-state index contributed by atoms with van der Waals surface area (Å²) in [4.78, 5) is 22.6. The van der Waals surface area contributed by atoms with Gasteiger partial charge in [0.1, 0.15) is 0 Å². The van der Waals surface area contributed by atoms with Gasteiger partial charge in [-0.3, -0.25) is 4.79 Å². The zero-order chi connectivity index (χ0) is 16.3. The lowest BCUT2D eigenvalue weighted by Crippen LogP contribution is -2.47. The standard InChI is InChI=1S/C17H26N4O2/c1-13(2)15(22)20-11-14-5-3-6-17(23-14)7-10-21(12-17)16-18-8-4-9-19-16/h4,8-9,13-14H,3,5-7,10-12H2,1-2H3,(H,20,22)/t14-,17-/m1/s1. The predicted molar refractivity (Wildman–Crippen MR) is 88.2 cm³/mol. The van der Waals surface area contributed by atoms with Gasteiger partial charge in [0.25, 0.3) is 0 Å². The third kappa shape index (κ3) is 3.80. The third-order valence-corrected chi connectivity index (χ3v) is 4.75. The van der Waals surface area contributed by atoms with Gasteiger partial charge in [-0.1, -0.05) is 13.8 Å². The maximum Gasteiger partial charge on any atom is 0.225 e. The van der Waals surface area contributed by atoms with Crippen LogP contribution in [0, 0.1) is 5.92 Å². The van der Waals surface area contributed by atoms with Crippen LogP contribution < -0.4 is 10.2 Å². The van der Waals surface area contributed by atoms with Gasteiger partial charge in [0, 0.05) is 37.9 Å². The molecule has 1 aromatic heterocycles. The fourth-order valence-corrected chi connectivity index (χ4v) is 3.46. The van der Waals surface area contributed by atoms with Gasteiger partial charge in [-0.2, -0.15) is 0 Å². The first-order valence-corrected chi connectivity index (χ1v) is 8.55. The largest absolute Gasteiger partial charge is 0.368 e. The molecule has 0 bridgehead atoms. The molecule has 2 atom stereocenters. The van der Waals surface area contributed by atoms with Crippen LogP contribution in [-0.2, 0) is 9.53 Å². The molecule has 1 spiro atoms. The van der Waals surface area contributed by atoms with Gasteiger partial charge in [0.05, 0.1) is 11.7 Å². The van der Waals surface area contributed by atoms with E-state index in [2.05, 4.69) is 20.2 Å². The highest BCUT2D eigenvalue weighted by atomic mass is 16.5. The minimum atomic E-state index is -0.106. The Morgan fingerprint density at radius 1 is 1.43 bits per heavy atom. The van der Waals surface area contributed by atoms with Crippen LogP contribution in [0.25, 0.3) is 0 Å². The quantitative estimate of drug-likeness (QED) is 0.916. The van der Waals surface area contributed by atoms with Crippen LogP contribution in [0.4, 0.5) is 5.95 Å². The van der Waals surface area contributed by atoms with Crippen molar-refractivity contribution in [3.05, 3.63) is 18.5 Å². The van der Waals surface area contributed by atoms with E-state index < -0.39 is 0 Å². The molecule has 2 aliphatic rings. The highest BCUT2D eigenvalue weighted by molar-refractivity contribution is 5.77. The first-order chi connectivity index (χ1) is 11.1. The molecule has 0 radical (unpaired) electrons.